The fourth-order valence-electron chi connectivity index (χ4n) is 3.87. The maximum Gasteiger partial charge on any atom is 0.155 e. The van der Waals surface area contributed by atoms with Crippen LogP contribution in [0.2, 0.25) is 0 Å². The van der Waals surface area contributed by atoms with Gasteiger partial charge < -0.3 is 0 Å². The molecule has 0 radical (unpaired) electrons. The van der Waals surface area contributed by atoms with Gasteiger partial charge in [0.25, 0.3) is 0 Å². The van der Waals surface area contributed by atoms with Gasteiger partial charge >= 0.3 is 0 Å². The molecule has 172 valence electrons. The van der Waals surface area contributed by atoms with E-state index in [-0.39, 0.29) is 0 Å². The summed E-state index contributed by atoms with van der Waals surface area (Å²) in [7, 11) is 0. The highest BCUT2D eigenvalue weighted by molar-refractivity contribution is 7.35. The van der Waals surface area contributed by atoms with E-state index in [1.54, 1.807) is 80.7 Å². The molecule has 8 rings (SSSR count). The number of aromatic nitrogens is 6. The molecule has 6 nitrogen and oxygen atoms in total. The van der Waals surface area contributed by atoms with Crippen molar-refractivity contribution in [2.45, 2.75) is 0 Å². The molecule has 0 bridgehead atoms. The summed E-state index contributed by atoms with van der Waals surface area (Å²) in [6.07, 6.45) is 10.5. The van der Waals surface area contributed by atoms with Crippen LogP contribution >= 0.6 is 68.0 Å². The zero-order valence-corrected chi connectivity index (χ0v) is 22.8. The summed E-state index contributed by atoms with van der Waals surface area (Å²) in [5.41, 5.74) is 2.11. The second-order valence-corrected chi connectivity index (χ2v) is 14.1. The minimum Gasteiger partial charge on any atom is -0.244 e. The minimum atomic E-state index is 1.00. The predicted molar refractivity (Wildman–Crippen MR) is 155 cm³/mol. The normalized spacial score (nSPS) is 11.9. The highest BCUT2D eigenvalue weighted by Gasteiger charge is 2.18. The lowest BCUT2D eigenvalue weighted by Gasteiger charge is -1.93. The van der Waals surface area contributed by atoms with Crippen molar-refractivity contribution < 1.29 is 0 Å². The van der Waals surface area contributed by atoms with Crippen molar-refractivity contribution >= 4 is 96.5 Å². The Bertz CT molecular complexity index is 1770. The van der Waals surface area contributed by atoms with Crippen molar-refractivity contribution in [2.24, 2.45) is 0 Å². The molecule has 0 aliphatic carbocycles. The van der Waals surface area contributed by atoms with Crippen molar-refractivity contribution in [3.8, 4) is 40.7 Å². The number of fused-ring (bicyclic) bond motifs is 3. The Hall–Kier alpha value is -3.00. The van der Waals surface area contributed by atoms with Crippen LogP contribution < -0.4 is 0 Å². The molecule has 0 aliphatic heterocycles. The average Bonchev–Trinajstić information content (AvgIpc) is 3.71. The van der Waals surface area contributed by atoms with Gasteiger partial charge in [0.15, 0.2) is 9.66 Å². The van der Waals surface area contributed by atoms with Crippen molar-refractivity contribution in [2.75, 3.05) is 0 Å². The average molecular weight is 575 g/mol. The van der Waals surface area contributed by atoms with E-state index in [1.807, 2.05) is 24.8 Å². The molecule has 0 aromatic carbocycles. The van der Waals surface area contributed by atoms with Crippen LogP contribution in [0.4, 0.5) is 0 Å². The van der Waals surface area contributed by atoms with Crippen molar-refractivity contribution in [3.63, 3.8) is 0 Å². The first-order valence-electron chi connectivity index (χ1n) is 10.6. The number of nitrogens with zero attached hydrogens (tertiary/aromatic N) is 6. The summed E-state index contributed by atoms with van der Waals surface area (Å²) in [5.74, 6) is 0. The highest BCUT2D eigenvalue weighted by Crippen LogP contribution is 2.46. The van der Waals surface area contributed by atoms with E-state index in [9.17, 15) is 0 Å². The van der Waals surface area contributed by atoms with Crippen LogP contribution in [0, 0.1) is 0 Å². The van der Waals surface area contributed by atoms with E-state index in [4.69, 9.17) is 9.97 Å². The molecule has 0 amide bonds. The fraction of sp³-hybridized carbons (Fsp3) is 0. The Morgan fingerprint density at radius 1 is 0.417 bits per heavy atom. The summed E-state index contributed by atoms with van der Waals surface area (Å²) in [5, 5.41) is 2.07. The van der Waals surface area contributed by atoms with Gasteiger partial charge in [-0.25, -0.2) is 29.9 Å². The topological polar surface area (TPSA) is 77.3 Å². The van der Waals surface area contributed by atoms with E-state index in [1.165, 1.54) is 38.3 Å². The smallest absolute Gasteiger partial charge is 0.155 e. The SMILES string of the molecule is c1ncc(-c2cc3sc(-c4nc5sc(-c6cc7sc(-c8cncnc8)cc7s6)nc5s4)cc3s2)cn1. The Morgan fingerprint density at radius 2 is 0.778 bits per heavy atom. The molecular formula is C24H10N6S6. The maximum atomic E-state index is 4.94. The number of thiophene rings is 4. The van der Waals surface area contributed by atoms with Gasteiger partial charge in [0, 0.05) is 64.5 Å². The first kappa shape index (κ1) is 21.1. The molecule has 0 fully saturated rings. The molecule has 36 heavy (non-hydrogen) atoms. The first-order chi connectivity index (χ1) is 17.8. The van der Waals surface area contributed by atoms with E-state index < -0.39 is 0 Å². The van der Waals surface area contributed by atoms with Crippen molar-refractivity contribution in [1.82, 2.24) is 29.9 Å². The van der Waals surface area contributed by atoms with Crippen LogP contribution in [0.3, 0.4) is 0 Å². The van der Waals surface area contributed by atoms with Crippen molar-refractivity contribution in [3.05, 3.63) is 61.7 Å². The largest absolute Gasteiger partial charge is 0.244 e. The van der Waals surface area contributed by atoms with Crippen LogP contribution in [0.5, 0.6) is 0 Å². The quantitative estimate of drug-likeness (QED) is 0.210. The zero-order chi connectivity index (χ0) is 23.6. The fourth-order valence-corrected chi connectivity index (χ4v) is 10.7. The molecule has 8 heterocycles. The van der Waals surface area contributed by atoms with Gasteiger partial charge in [-0.2, -0.15) is 0 Å². The standard InChI is InChI=1S/C24H10N6S6/c1-13(11-5-25-9-26-6-11)31-17-3-19(33-15(1)17)21-29-23-24(35-21)30-22(36-23)20-4-18-16(34-20)2-14(32-18)12-7-27-10-28-8-12/h1-10H. The van der Waals surface area contributed by atoms with Crippen LogP contribution in [0.25, 0.3) is 69.1 Å². The van der Waals surface area contributed by atoms with Gasteiger partial charge in [0.2, 0.25) is 0 Å². The predicted octanol–water partition coefficient (Wildman–Crippen LogP) is 8.55. The molecule has 0 spiro atoms. The van der Waals surface area contributed by atoms with Gasteiger partial charge in [-0.05, 0) is 24.3 Å². The second kappa shape index (κ2) is 8.26. The number of thiazole rings is 2. The van der Waals surface area contributed by atoms with Gasteiger partial charge in [-0.1, -0.05) is 22.7 Å². The third kappa shape index (κ3) is 3.52. The molecule has 0 saturated heterocycles. The molecule has 0 saturated carbocycles. The maximum absolute atomic E-state index is 4.94. The lowest BCUT2D eigenvalue weighted by molar-refractivity contribution is 1.17. The molecule has 0 atom stereocenters. The molecule has 8 aromatic rings. The molecular weight excluding hydrogens is 565 g/mol. The summed E-state index contributed by atoms with van der Waals surface area (Å²) in [6, 6.07) is 8.92. The summed E-state index contributed by atoms with van der Waals surface area (Å²) in [4.78, 5) is 33.2. The van der Waals surface area contributed by atoms with Gasteiger partial charge in [-0.3, -0.25) is 0 Å². The summed E-state index contributed by atoms with van der Waals surface area (Å²) in [6.45, 7) is 0. The van der Waals surface area contributed by atoms with Gasteiger partial charge in [0.1, 0.15) is 22.7 Å². The van der Waals surface area contributed by atoms with E-state index in [2.05, 4.69) is 44.2 Å². The minimum absolute atomic E-state index is 1.00. The third-order valence-electron chi connectivity index (χ3n) is 5.50. The Labute approximate surface area is 227 Å². The lowest BCUT2D eigenvalue weighted by Crippen LogP contribution is -1.77. The Balaban J connectivity index is 1.09. The van der Waals surface area contributed by atoms with Gasteiger partial charge in [-0.15, -0.1) is 45.3 Å². The van der Waals surface area contributed by atoms with Crippen molar-refractivity contribution in [1.29, 1.82) is 0 Å². The summed E-state index contributed by atoms with van der Waals surface area (Å²) >= 11 is 10.4. The summed E-state index contributed by atoms with van der Waals surface area (Å²) < 4.78 is 5.06. The van der Waals surface area contributed by atoms with Crippen LogP contribution in [0.1, 0.15) is 0 Å². The second-order valence-electron chi connectivity index (χ2n) is 7.80. The molecule has 12 heteroatoms. The number of hydrogen-bond acceptors (Lipinski definition) is 12. The zero-order valence-electron chi connectivity index (χ0n) is 17.9. The van der Waals surface area contributed by atoms with Crippen LogP contribution in [-0.4, -0.2) is 29.9 Å². The molecule has 0 unspecified atom stereocenters. The Kier molecular flexibility index (Phi) is 4.85. The van der Waals surface area contributed by atoms with Crippen LogP contribution in [0.15, 0.2) is 61.7 Å². The monoisotopic (exact) mass is 574 g/mol. The Morgan fingerprint density at radius 3 is 1.19 bits per heavy atom. The lowest BCUT2D eigenvalue weighted by atomic mass is 10.3. The van der Waals surface area contributed by atoms with E-state index >= 15 is 0 Å². The van der Waals surface area contributed by atoms with Crippen LogP contribution in [-0.2, 0) is 0 Å². The van der Waals surface area contributed by atoms with E-state index in [0.717, 1.165) is 30.8 Å². The number of rotatable bonds is 4. The highest BCUT2D eigenvalue weighted by atomic mass is 32.1. The van der Waals surface area contributed by atoms with E-state index in [0.29, 0.717) is 0 Å². The first-order valence-corrected chi connectivity index (χ1v) is 15.5. The van der Waals surface area contributed by atoms with Gasteiger partial charge in [0.05, 0.1) is 9.75 Å². The number of hydrogen-bond donors (Lipinski definition) is 0. The molecule has 0 N–H and O–H groups in total. The molecule has 0 aliphatic rings. The third-order valence-corrected chi connectivity index (χ3v) is 12.6. The molecule has 8 aromatic heterocycles.